The molecule has 0 saturated carbocycles. The smallest absolute Gasteiger partial charge is 0.264 e. The number of aryl methyl sites for hydroxylation is 1. The molecule has 0 aliphatic heterocycles. The molecule has 3 rings (SSSR count). The third kappa shape index (κ3) is 6.36. The molecule has 0 N–H and O–H groups in total. The molecule has 0 saturated heterocycles. The van der Waals surface area contributed by atoms with Crippen LogP contribution in [0.3, 0.4) is 0 Å². The molecule has 1 amide bonds. The van der Waals surface area contributed by atoms with Crippen molar-refractivity contribution in [2.75, 3.05) is 24.5 Å². The van der Waals surface area contributed by atoms with Crippen molar-refractivity contribution in [2.45, 2.75) is 25.3 Å². The minimum atomic E-state index is -3.98. The molecule has 0 fully saturated rings. The normalized spacial score (nSPS) is 11.2. The van der Waals surface area contributed by atoms with Crippen molar-refractivity contribution >= 4 is 37.5 Å². The van der Waals surface area contributed by atoms with E-state index >= 15 is 0 Å². The number of benzene rings is 3. The van der Waals surface area contributed by atoms with Gasteiger partial charge in [0, 0.05) is 18.1 Å². The molecule has 0 heterocycles. The average molecular weight is 531 g/mol. The topological polar surface area (TPSA) is 66.9 Å². The number of amides is 1. The number of halogens is 1. The van der Waals surface area contributed by atoms with Crippen LogP contribution in [0.1, 0.15) is 18.1 Å². The highest BCUT2D eigenvalue weighted by Gasteiger charge is 2.28. The largest absolute Gasteiger partial charge is 0.494 e. The SMILES string of the molecule is CCOc1ccc(N(CC(=O)N(C)Cc2ccc(C)cc2)S(=O)(=O)c2ccc(Br)cc2)cc1. The van der Waals surface area contributed by atoms with Crippen LogP contribution < -0.4 is 9.04 Å². The summed E-state index contributed by atoms with van der Waals surface area (Å²) in [6.07, 6.45) is 0. The minimum absolute atomic E-state index is 0.105. The van der Waals surface area contributed by atoms with Crippen molar-refractivity contribution in [3.05, 3.63) is 88.4 Å². The summed E-state index contributed by atoms with van der Waals surface area (Å²) in [7, 11) is -2.31. The second-order valence-corrected chi connectivity index (χ2v) is 10.4. The van der Waals surface area contributed by atoms with Crippen LogP contribution in [-0.2, 0) is 21.4 Å². The van der Waals surface area contributed by atoms with Gasteiger partial charge >= 0.3 is 0 Å². The Morgan fingerprint density at radius 3 is 2.12 bits per heavy atom. The molecule has 3 aromatic rings. The molecule has 3 aromatic carbocycles. The van der Waals surface area contributed by atoms with Gasteiger partial charge in [-0.15, -0.1) is 0 Å². The first-order valence-electron chi connectivity index (χ1n) is 10.5. The molecule has 0 radical (unpaired) electrons. The zero-order chi connectivity index (χ0) is 24.0. The number of nitrogens with zero attached hydrogens (tertiary/aromatic N) is 2. The number of rotatable bonds is 9. The van der Waals surface area contributed by atoms with Gasteiger partial charge in [-0.25, -0.2) is 8.42 Å². The van der Waals surface area contributed by atoms with E-state index in [1.807, 2.05) is 38.1 Å². The Balaban J connectivity index is 1.89. The summed E-state index contributed by atoms with van der Waals surface area (Å²) in [5, 5.41) is 0. The van der Waals surface area contributed by atoms with E-state index < -0.39 is 10.0 Å². The highest BCUT2D eigenvalue weighted by atomic mass is 79.9. The van der Waals surface area contributed by atoms with Gasteiger partial charge in [0.1, 0.15) is 12.3 Å². The number of ether oxygens (including phenoxy) is 1. The van der Waals surface area contributed by atoms with Gasteiger partial charge in [-0.3, -0.25) is 9.10 Å². The quantitative estimate of drug-likeness (QED) is 0.390. The summed E-state index contributed by atoms with van der Waals surface area (Å²) in [4.78, 5) is 14.7. The molecular formula is C25H27BrN2O4S. The molecule has 0 unspecified atom stereocenters. The zero-order valence-corrected chi connectivity index (χ0v) is 21.3. The Kier molecular flexibility index (Phi) is 8.15. The van der Waals surface area contributed by atoms with E-state index in [1.165, 1.54) is 17.0 Å². The highest BCUT2D eigenvalue weighted by Crippen LogP contribution is 2.27. The maximum atomic E-state index is 13.5. The summed E-state index contributed by atoms with van der Waals surface area (Å²) >= 11 is 3.33. The second kappa shape index (κ2) is 10.9. The summed E-state index contributed by atoms with van der Waals surface area (Å²) in [6, 6.07) is 20.9. The van der Waals surface area contributed by atoms with Gasteiger partial charge in [0.25, 0.3) is 10.0 Å². The molecule has 0 aliphatic rings. The molecule has 0 bridgehead atoms. The maximum Gasteiger partial charge on any atom is 0.264 e. The molecular weight excluding hydrogens is 504 g/mol. The van der Waals surface area contributed by atoms with E-state index in [1.54, 1.807) is 43.4 Å². The zero-order valence-electron chi connectivity index (χ0n) is 18.9. The second-order valence-electron chi connectivity index (χ2n) is 7.63. The van der Waals surface area contributed by atoms with Crippen LogP contribution in [-0.4, -0.2) is 39.4 Å². The van der Waals surface area contributed by atoms with E-state index in [9.17, 15) is 13.2 Å². The van der Waals surface area contributed by atoms with E-state index in [2.05, 4.69) is 15.9 Å². The lowest BCUT2D eigenvalue weighted by atomic mass is 10.1. The first-order valence-corrected chi connectivity index (χ1v) is 12.7. The maximum absolute atomic E-state index is 13.5. The van der Waals surface area contributed by atoms with Crippen LogP contribution in [0, 0.1) is 6.92 Å². The Morgan fingerprint density at radius 2 is 1.55 bits per heavy atom. The van der Waals surface area contributed by atoms with Crippen LogP contribution in [0.2, 0.25) is 0 Å². The van der Waals surface area contributed by atoms with Gasteiger partial charge < -0.3 is 9.64 Å². The number of hydrogen-bond acceptors (Lipinski definition) is 4. The van der Waals surface area contributed by atoms with Crippen LogP contribution in [0.5, 0.6) is 5.75 Å². The predicted octanol–water partition coefficient (Wildman–Crippen LogP) is 5.01. The van der Waals surface area contributed by atoms with Gasteiger partial charge in [-0.05, 0) is 67.9 Å². The molecule has 8 heteroatoms. The molecule has 0 atom stereocenters. The van der Waals surface area contributed by atoms with Gasteiger partial charge in [0.05, 0.1) is 17.2 Å². The van der Waals surface area contributed by atoms with Crippen molar-refractivity contribution in [3.63, 3.8) is 0 Å². The van der Waals surface area contributed by atoms with E-state index in [4.69, 9.17) is 4.74 Å². The highest BCUT2D eigenvalue weighted by molar-refractivity contribution is 9.10. The summed E-state index contributed by atoms with van der Waals surface area (Å²) < 4.78 is 34.4. The van der Waals surface area contributed by atoms with E-state index in [0.29, 0.717) is 24.6 Å². The first-order chi connectivity index (χ1) is 15.7. The molecule has 0 aliphatic carbocycles. The van der Waals surface area contributed by atoms with E-state index in [-0.39, 0.29) is 17.3 Å². The van der Waals surface area contributed by atoms with E-state index in [0.717, 1.165) is 19.9 Å². The number of anilines is 1. The van der Waals surface area contributed by atoms with Crippen LogP contribution in [0.4, 0.5) is 5.69 Å². The number of likely N-dealkylation sites (N-methyl/N-ethyl adjacent to an activating group) is 1. The lowest BCUT2D eigenvalue weighted by Gasteiger charge is -2.27. The van der Waals surface area contributed by atoms with Crippen molar-refractivity contribution in [3.8, 4) is 5.75 Å². The first kappa shape index (κ1) is 24.8. The molecule has 174 valence electrons. The van der Waals surface area contributed by atoms with Gasteiger partial charge in [-0.2, -0.15) is 0 Å². The lowest BCUT2D eigenvalue weighted by molar-refractivity contribution is -0.128. The minimum Gasteiger partial charge on any atom is -0.494 e. The van der Waals surface area contributed by atoms with Crippen LogP contribution >= 0.6 is 15.9 Å². The number of sulfonamides is 1. The Labute approximate surface area is 204 Å². The third-order valence-electron chi connectivity index (χ3n) is 5.08. The number of carbonyl (C=O) groups excluding carboxylic acids is 1. The third-order valence-corrected chi connectivity index (χ3v) is 7.40. The fraction of sp³-hybridized carbons (Fsp3) is 0.240. The van der Waals surface area contributed by atoms with Crippen molar-refractivity contribution in [2.24, 2.45) is 0 Å². The number of carbonyl (C=O) groups is 1. The van der Waals surface area contributed by atoms with Gasteiger partial charge in [0.15, 0.2) is 0 Å². The Hall–Kier alpha value is -2.84. The predicted molar refractivity (Wildman–Crippen MR) is 134 cm³/mol. The van der Waals surface area contributed by atoms with Crippen molar-refractivity contribution in [1.82, 2.24) is 4.90 Å². The van der Waals surface area contributed by atoms with Crippen LogP contribution in [0.15, 0.2) is 82.2 Å². The molecule has 6 nitrogen and oxygen atoms in total. The van der Waals surface area contributed by atoms with Gasteiger partial charge in [0.2, 0.25) is 5.91 Å². The summed E-state index contributed by atoms with van der Waals surface area (Å²) in [6.45, 7) is 4.44. The van der Waals surface area contributed by atoms with Crippen molar-refractivity contribution in [1.29, 1.82) is 0 Å². The van der Waals surface area contributed by atoms with Crippen molar-refractivity contribution < 1.29 is 17.9 Å². The van der Waals surface area contributed by atoms with Crippen LogP contribution in [0.25, 0.3) is 0 Å². The Bertz CT molecular complexity index is 1180. The fourth-order valence-electron chi connectivity index (χ4n) is 3.22. The molecule has 33 heavy (non-hydrogen) atoms. The summed E-state index contributed by atoms with van der Waals surface area (Å²) in [5.74, 6) is 0.315. The standard InChI is InChI=1S/C25H27BrN2O4S/c1-4-32-23-13-11-22(12-14-23)28(33(30,31)24-15-9-21(26)10-16-24)18-25(29)27(3)17-20-7-5-19(2)6-8-20/h5-16H,4,17-18H2,1-3H3. The van der Waals surface area contributed by atoms with Gasteiger partial charge in [-0.1, -0.05) is 45.8 Å². The fourth-order valence-corrected chi connectivity index (χ4v) is 4.90. The molecule has 0 aromatic heterocycles. The lowest BCUT2D eigenvalue weighted by Crippen LogP contribution is -2.41. The summed E-state index contributed by atoms with van der Waals surface area (Å²) in [5.41, 5.74) is 2.49. The average Bonchev–Trinajstić information content (AvgIpc) is 2.80. The Morgan fingerprint density at radius 1 is 0.939 bits per heavy atom. The number of hydrogen-bond donors (Lipinski definition) is 0. The monoisotopic (exact) mass is 530 g/mol. The molecule has 0 spiro atoms.